The van der Waals surface area contributed by atoms with Crippen LogP contribution in [0.1, 0.15) is 59.3 Å². The smallest absolute Gasteiger partial charge is 0.330 e. The SMILES string of the molecule is CCCCCCC(=O)ON(C(C)=O)C(=O)CC. The molecule has 0 N–H and O–H groups in total. The molecule has 0 radical (unpaired) electrons. The summed E-state index contributed by atoms with van der Waals surface area (Å²) in [7, 11) is 0. The zero-order chi connectivity index (χ0) is 13.3. The van der Waals surface area contributed by atoms with Crippen molar-refractivity contribution in [3.63, 3.8) is 0 Å². The molecule has 0 atom stereocenters. The highest BCUT2D eigenvalue weighted by Crippen LogP contribution is 2.05. The molecule has 0 fully saturated rings. The van der Waals surface area contributed by atoms with E-state index in [-0.39, 0.29) is 12.8 Å². The van der Waals surface area contributed by atoms with E-state index in [2.05, 4.69) is 6.92 Å². The van der Waals surface area contributed by atoms with Gasteiger partial charge in [0.05, 0.1) is 0 Å². The lowest BCUT2D eigenvalue weighted by Crippen LogP contribution is -2.36. The average molecular weight is 243 g/mol. The van der Waals surface area contributed by atoms with E-state index in [9.17, 15) is 14.4 Å². The van der Waals surface area contributed by atoms with Crippen molar-refractivity contribution in [1.82, 2.24) is 5.06 Å². The molecule has 0 spiro atoms. The normalized spacial score (nSPS) is 9.82. The Kier molecular flexibility index (Phi) is 8.01. The summed E-state index contributed by atoms with van der Waals surface area (Å²) in [6.45, 7) is 4.88. The third-order valence-electron chi connectivity index (χ3n) is 2.24. The molecule has 5 nitrogen and oxygen atoms in total. The van der Waals surface area contributed by atoms with Crippen LogP contribution < -0.4 is 0 Å². The van der Waals surface area contributed by atoms with Gasteiger partial charge in [-0.1, -0.05) is 33.1 Å². The van der Waals surface area contributed by atoms with Gasteiger partial charge in [-0.15, -0.1) is 5.06 Å². The second-order valence-corrected chi connectivity index (χ2v) is 3.83. The number of nitrogens with zero attached hydrogens (tertiary/aromatic N) is 1. The van der Waals surface area contributed by atoms with E-state index in [0.29, 0.717) is 5.06 Å². The number of carbonyl (C=O) groups is 3. The van der Waals surface area contributed by atoms with E-state index in [1.54, 1.807) is 6.92 Å². The first-order valence-electron chi connectivity index (χ1n) is 6.07. The Morgan fingerprint density at radius 3 is 2.18 bits per heavy atom. The molecule has 0 rings (SSSR count). The van der Waals surface area contributed by atoms with Gasteiger partial charge < -0.3 is 4.84 Å². The highest BCUT2D eigenvalue weighted by Gasteiger charge is 2.21. The summed E-state index contributed by atoms with van der Waals surface area (Å²) >= 11 is 0. The summed E-state index contributed by atoms with van der Waals surface area (Å²) in [6.07, 6.45) is 4.19. The Hall–Kier alpha value is -1.39. The van der Waals surface area contributed by atoms with Crippen LogP contribution in [0.15, 0.2) is 0 Å². The number of hydrogen-bond acceptors (Lipinski definition) is 4. The van der Waals surface area contributed by atoms with E-state index >= 15 is 0 Å². The van der Waals surface area contributed by atoms with Crippen molar-refractivity contribution in [2.45, 2.75) is 59.3 Å². The molecular formula is C12H21NO4. The molecule has 2 amide bonds. The minimum atomic E-state index is -0.571. The highest BCUT2D eigenvalue weighted by atomic mass is 16.7. The van der Waals surface area contributed by atoms with Crippen LogP contribution >= 0.6 is 0 Å². The zero-order valence-electron chi connectivity index (χ0n) is 10.8. The number of amides is 2. The molecule has 0 unspecified atom stereocenters. The maximum atomic E-state index is 11.4. The van der Waals surface area contributed by atoms with Gasteiger partial charge in [0.15, 0.2) is 0 Å². The summed E-state index contributed by atoms with van der Waals surface area (Å²) in [5.74, 6) is -1.60. The number of hydroxylamine groups is 2. The topological polar surface area (TPSA) is 63.7 Å². The van der Waals surface area contributed by atoms with Crippen molar-refractivity contribution in [3.8, 4) is 0 Å². The molecule has 0 aliphatic carbocycles. The second-order valence-electron chi connectivity index (χ2n) is 3.83. The summed E-state index contributed by atoms with van der Waals surface area (Å²) in [5, 5.41) is 0.544. The lowest BCUT2D eigenvalue weighted by atomic mass is 10.2. The summed E-state index contributed by atoms with van der Waals surface area (Å²) in [5.41, 5.74) is 0. The summed E-state index contributed by atoms with van der Waals surface area (Å²) in [4.78, 5) is 38.5. The number of unbranched alkanes of at least 4 members (excludes halogenated alkanes) is 3. The minimum absolute atomic E-state index is 0.128. The number of carbonyl (C=O) groups excluding carboxylic acids is 3. The third kappa shape index (κ3) is 6.71. The van der Waals surface area contributed by atoms with Gasteiger partial charge in [0.25, 0.3) is 11.8 Å². The fourth-order valence-electron chi connectivity index (χ4n) is 1.28. The molecule has 0 aromatic heterocycles. The minimum Gasteiger partial charge on any atom is -0.330 e. The average Bonchev–Trinajstić information content (AvgIpc) is 2.30. The molecule has 5 heteroatoms. The summed E-state index contributed by atoms with van der Waals surface area (Å²) in [6, 6.07) is 0. The van der Waals surface area contributed by atoms with Crippen molar-refractivity contribution in [2.24, 2.45) is 0 Å². The maximum absolute atomic E-state index is 11.4. The fraction of sp³-hybridized carbons (Fsp3) is 0.750. The van der Waals surface area contributed by atoms with Gasteiger partial charge in [0.2, 0.25) is 0 Å². The van der Waals surface area contributed by atoms with Crippen LogP contribution in [0.3, 0.4) is 0 Å². The van der Waals surface area contributed by atoms with Crippen molar-refractivity contribution in [2.75, 3.05) is 0 Å². The molecule has 0 aromatic rings. The monoisotopic (exact) mass is 243 g/mol. The van der Waals surface area contributed by atoms with Crippen LogP contribution in [0.5, 0.6) is 0 Å². The van der Waals surface area contributed by atoms with Crippen LogP contribution in [0, 0.1) is 0 Å². The van der Waals surface area contributed by atoms with Gasteiger partial charge in [-0.2, -0.15) is 0 Å². The van der Waals surface area contributed by atoms with Crippen LogP contribution in [0.4, 0.5) is 0 Å². The van der Waals surface area contributed by atoms with Gasteiger partial charge in [-0.25, -0.2) is 4.79 Å². The molecular weight excluding hydrogens is 222 g/mol. The lowest BCUT2D eigenvalue weighted by molar-refractivity contribution is -0.201. The molecule has 0 aliphatic rings. The Morgan fingerprint density at radius 2 is 1.71 bits per heavy atom. The van der Waals surface area contributed by atoms with E-state index in [4.69, 9.17) is 4.84 Å². The van der Waals surface area contributed by atoms with Gasteiger partial charge in [-0.05, 0) is 6.42 Å². The first-order valence-corrected chi connectivity index (χ1v) is 6.07. The van der Waals surface area contributed by atoms with Gasteiger partial charge in [0, 0.05) is 19.8 Å². The predicted molar refractivity (Wildman–Crippen MR) is 62.7 cm³/mol. The quantitative estimate of drug-likeness (QED) is 0.530. The number of hydrogen-bond donors (Lipinski definition) is 0. The molecule has 0 heterocycles. The number of imide groups is 1. The van der Waals surface area contributed by atoms with Crippen molar-refractivity contribution in [1.29, 1.82) is 0 Å². The summed E-state index contributed by atoms with van der Waals surface area (Å²) < 4.78 is 0. The second kappa shape index (κ2) is 8.73. The molecule has 0 aromatic carbocycles. The van der Waals surface area contributed by atoms with Crippen LogP contribution in [-0.2, 0) is 19.2 Å². The van der Waals surface area contributed by atoms with E-state index in [1.165, 1.54) is 6.92 Å². The van der Waals surface area contributed by atoms with Crippen LogP contribution in [-0.4, -0.2) is 22.8 Å². The Balaban J connectivity index is 4.05. The maximum Gasteiger partial charge on any atom is 0.333 e. The first kappa shape index (κ1) is 15.6. The van der Waals surface area contributed by atoms with Crippen molar-refractivity contribution in [3.05, 3.63) is 0 Å². The molecule has 98 valence electrons. The Morgan fingerprint density at radius 1 is 1.06 bits per heavy atom. The van der Waals surface area contributed by atoms with Gasteiger partial charge >= 0.3 is 5.97 Å². The predicted octanol–water partition coefficient (Wildman–Crippen LogP) is 2.20. The third-order valence-corrected chi connectivity index (χ3v) is 2.24. The highest BCUT2D eigenvalue weighted by molar-refractivity contribution is 5.93. The first-order chi connectivity index (χ1) is 8.02. The van der Waals surface area contributed by atoms with Gasteiger partial charge in [0.1, 0.15) is 0 Å². The molecule has 0 saturated heterocycles. The van der Waals surface area contributed by atoms with Crippen LogP contribution in [0.2, 0.25) is 0 Å². The standard InChI is InChI=1S/C12H21NO4/c1-4-6-7-8-9-12(16)17-13(10(3)14)11(15)5-2/h4-9H2,1-3H3. The fourth-order valence-corrected chi connectivity index (χ4v) is 1.28. The van der Waals surface area contributed by atoms with Crippen LogP contribution in [0.25, 0.3) is 0 Å². The molecule has 0 bridgehead atoms. The Labute approximate surface area is 102 Å². The molecule has 17 heavy (non-hydrogen) atoms. The van der Waals surface area contributed by atoms with E-state index < -0.39 is 17.8 Å². The van der Waals surface area contributed by atoms with Crippen molar-refractivity contribution >= 4 is 17.8 Å². The Bertz CT molecular complexity index is 276. The van der Waals surface area contributed by atoms with Crippen molar-refractivity contribution < 1.29 is 19.2 Å². The number of rotatable bonds is 6. The largest absolute Gasteiger partial charge is 0.333 e. The molecule has 0 saturated carbocycles. The van der Waals surface area contributed by atoms with E-state index in [0.717, 1.165) is 25.7 Å². The van der Waals surface area contributed by atoms with E-state index in [1.807, 2.05) is 0 Å². The van der Waals surface area contributed by atoms with Gasteiger partial charge in [-0.3, -0.25) is 9.59 Å². The molecule has 0 aliphatic heterocycles. The zero-order valence-corrected chi connectivity index (χ0v) is 10.8. The lowest BCUT2D eigenvalue weighted by Gasteiger charge is -2.16.